The number of carbonyl (C=O) groups excluding carboxylic acids is 1. The van der Waals surface area contributed by atoms with Crippen molar-refractivity contribution in [1.29, 1.82) is 0 Å². The Kier molecular flexibility index (Phi) is 5.07. The monoisotopic (exact) mass is 372 g/mol. The topological polar surface area (TPSA) is 80.9 Å². The van der Waals surface area contributed by atoms with Gasteiger partial charge in [0, 0.05) is 11.8 Å². The summed E-state index contributed by atoms with van der Waals surface area (Å²) in [6, 6.07) is 14.1. The highest BCUT2D eigenvalue weighted by Gasteiger charge is 2.30. The van der Waals surface area contributed by atoms with Crippen molar-refractivity contribution in [3.05, 3.63) is 71.9 Å². The fourth-order valence-electron chi connectivity index (χ4n) is 2.51. The minimum atomic E-state index is -4.45. The van der Waals surface area contributed by atoms with Crippen molar-refractivity contribution in [3.8, 4) is 11.3 Å². The molecule has 0 bridgehead atoms. The molecule has 8 heteroatoms. The van der Waals surface area contributed by atoms with E-state index in [-0.39, 0.29) is 12.2 Å². The van der Waals surface area contributed by atoms with E-state index in [0.29, 0.717) is 11.5 Å². The van der Waals surface area contributed by atoms with Crippen LogP contribution in [0.2, 0.25) is 0 Å². The Labute approximate surface area is 153 Å². The summed E-state index contributed by atoms with van der Waals surface area (Å²) in [5.41, 5.74) is 6.52. The average Bonchev–Trinajstić information content (AvgIpc) is 2.61. The van der Waals surface area contributed by atoms with Crippen molar-refractivity contribution in [1.82, 2.24) is 9.97 Å². The van der Waals surface area contributed by atoms with Gasteiger partial charge in [-0.05, 0) is 35.9 Å². The zero-order chi connectivity index (χ0) is 19.4. The van der Waals surface area contributed by atoms with Gasteiger partial charge in [-0.2, -0.15) is 13.2 Å². The smallest absolute Gasteiger partial charge is 0.369 e. The Morgan fingerprint density at radius 2 is 1.81 bits per heavy atom. The number of nitrogens with zero attached hydrogens (tertiary/aromatic N) is 2. The van der Waals surface area contributed by atoms with E-state index in [0.717, 1.165) is 29.5 Å². The normalized spacial score (nSPS) is 11.2. The van der Waals surface area contributed by atoms with E-state index < -0.39 is 17.6 Å². The van der Waals surface area contributed by atoms with Crippen LogP contribution in [0.3, 0.4) is 0 Å². The van der Waals surface area contributed by atoms with Crippen LogP contribution in [0.15, 0.2) is 60.8 Å². The number of nitrogens with two attached hydrogens (primary N) is 1. The van der Waals surface area contributed by atoms with Crippen molar-refractivity contribution in [2.24, 2.45) is 5.73 Å². The number of alkyl halides is 3. The summed E-state index contributed by atoms with van der Waals surface area (Å²) in [5.74, 6) is -0.0530. The van der Waals surface area contributed by atoms with Gasteiger partial charge in [0.1, 0.15) is 11.6 Å². The Bertz CT molecular complexity index is 973. The molecule has 0 spiro atoms. The van der Waals surface area contributed by atoms with Crippen LogP contribution in [0, 0.1) is 0 Å². The molecule has 3 rings (SSSR count). The molecule has 3 N–H and O–H groups in total. The third-order valence-corrected chi connectivity index (χ3v) is 3.69. The number of nitrogens with one attached hydrogen (secondary N) is 1. The number of pyridine rings is 2. The van der Waals surface area contributed by atoms with Gasteiger partial charge >= 0.3 is 6.18 Å². The third-order valence-electron chi connectivity index (χ3n) is 3.69. The molecule has 0 aliphatic rings. The highest BCUT2D eigenvalue weighted by Crippen LogP contribution is 2.30. The predicted octanol–water partition coefficient (Wildman–Crippen LogP) is 3.93. The lowest BCUT2D eigenvalue weighted by Crippen LogP contribution is -2.13. The van der Waals surface area contributed by atoms with E-state index in [4.69, 9.17) is 5.73 Å². The molecular weight excluding hydrogens is 357 g/mol. The molecule has 1 amide bonds. The summed E-state index contributed by atoms with van der Waals surface area (Å²) in [7, 11) is 0. The van der Waals surface area contributed by atoms with Gasteiger partial charge in [0.25, 0.3) is 0 Å². The molecule has 0 fully saturated rings. The molecule has 1 aromatic carbocycles. The lowest BCUT2D eigenvalue weighted by Gasteiger charge is -2.10. The van der Waals surface area contributed by atoms with Gasteiger partial charge in [-0.15, -0.1) is 0 Å². The minimum absolute atomic E-state index is 0.0388. The van der Waals surface area contributed by atoms with E-state index in [1.165, 1.54) is 0 Å². The van der Waals surface area contributed by atoms with Crippen molar-refractivity contribution in [2.75, 3.05) is 5.32 Å². The summed E-state index contributed by atoms with van der Waals surface area (Å²) in [4.78, 5) is 19.4. The fourth-order valence-corrected chi connectivity index (χ4v) is 2.51. The van der Waals surface area contributed by atoms with Gasteiger partial charge in [0.05, 0.1) is 17.7 Å². The molecular formula is C19H15F3N4O. The maximum atomic E-state index is 12.8. The highest BCUT2D eigenvalue weighted by molar-refractivity contribution is 5.77. The fraction of sp³-hybridized carbons (Fsp3) is 0.105. The van der Waals surface area contributed by atoms with Gasteiger partial charge < -0.3 is 11.1 Å². The lowest BCUT2D eigenvalue weighted by molar-refractivity contribution is -0.137. The van der Waals surface area contributed by atoms with Gasteiger partial charge in [-0.25, -0.2) is 9.97 Å². The second-order valence-corrected chi connectivity index (χ2v) is 5.80. The summed E-state index contributed by atoms with van der Waals surface area (Å²) < 4.78 is 38.4. The zero-order valence-corrected chi connectivity index (χ0v) is 14.0. The van der Waals surface area contributed by atoms with Crippen LogP contribution in [0.25, 0.3) is 11.3 Å². The average molecular weight is 372 g/mol. The maximum absolute atomic E-state index is 12.8. The van der Waals surface area contributed by atoms with Crippen molar-refractivity contribution < 1.29 is 18.0 Å². The van der Waals surface area contributed by atoms with E-state index in [1.807, 2.05) is 6.07 Å². The van der Waals surface area contributed by atoms with Crippen LogP contribution in [0.1, 0.15) is 11.1 Å². The van der Waals surface area contributed by atoms with Crippen molar-refractivity contribution in [3.63, 3.8) is 0 Å². The minimum Gasteiger partial charge on any atom is -0.369 e. The molecule has 27 heavy (non-hydrogen) atoms. The molecule has 0 atom stereocenters. The summed E-state index contributed by atoms with van der Waals surface area (Å²) in [6.45, 7) is 0. The molecule has 0 radical (unpaired) electrons. The number of rotatable bonds is 5. The quantitative estimate of drug-likeness (QED) is 0.711. The van der Waals surface area contributed by atoms with Crippen LogP contribution in [0.4, 0.5) is 24.8 Å². The molecule has 0 saturated heterocycles. The molecule has 138 valence electrons. The molecule has 2 heterocycles. The van der Waals surface area contributed by atoms with Gasteiger partial charge in [0.15, 0.2) is 0 Å². The first-order valence-corrected chi connectivity index (χ1v) is 7.96. The number of carbonyl (C=O) groups is 1. The number of hydrogen-bond acceptors (Lipinski definition) is 4. The highest BCUT2D eigenvalue weighted by atomic mass is 19.4. The molecule has 2 aromatic heterocycles. The first kappa shape index (κ1) is 18.4. The number of halogens is 3. The predicted molar refractivity (Wildman–Crippen MR) is 95.1 cm³/mol. The molecule has 5 nitrogen and oxygen atoms in total. The van der Waals surface area contributed by atoms with Gasteiger partial charge in [0.2, 0.25) is 5.91 Å². The lowest BCUT2D eigenvalue weighted by atomic mass is 10.1. The number of anilines is 2. The van der Waals surface area contributed by atoms with E-state index in [2.05, 4.69) is 15.3 Å². The van der Waals surface area contributed by atoms with Crippen LogP contribution in [-0.2, 0) is 17.4 Å². The van der Waals surface area contributed by atoms with Crippen LogP contribution in [0.5, 0.6) is 0 Å². The number of primary amides is 1. The Balaban J connectivity index is 1.85. The van der Waals surface area contributed by atoms with E-state index >= 15 is 0 Å². The summed E-state index contributed by atoms with van der Waals surface area (Å²) in [6.07, 6.45) is -3.25. The van der Waals surface area contributed by atoms with Crippen LogP contribution >= 0.6 is 0 Å². The van der Waals surface area contributed by atoms with Crippen LogP contribution in [-0.4, -0.2) is 15.9 Å². The molecule has 0 aliphatic carbocycles. The van der Waals surface area contributed by atoms with Crippen LogP contribution < -0.4 is 11.1 Å². The number of benzene rings is 1. The standard InChI is InChI=1S/C19H15F3N4O/c20-19(21,22)14-7-8-24-18(11-14)26-17-6-2-5-15(25-17)13-4-1-3-12(9-13)10-16(23)27/h1-9,11H,10H2,(H2,23,27)(H,24,25,26). The zero-order valence-electron chi connectivity index (χ0n) is 14.0. The Morgan fingerprint density at radius 3 is 2.56 bits per heavy atom. The van der Waals surface area contributed by atoms with Gasteiger partial charge in [-0.3, -0.25) is 4.79 Å². The molecule has 3 aromatic rings. The largest absolute Gasteiger partial charge is 0.416 e. The van der Waals surface area contributed by atoms with E-state index in [9.17, 15) is 18.0 Å². The van der Waals surface area contributed by atoms with Crippen molar-refractivity contribution in [2.45, 2.75) is 12.6 Å². The van der Waals surface area contributed by atoms with Crippen molar-refractivity contribution >= 4 is 17.5 Å². The first-order valence-electron chi connectivity index (χ1n) is 7.96. The third kappa shape index (κ3) is 4.81. The number of hydrogen-bond donors (Lipinski definition) is 2. The second-order valence-electron chi connectivity index (χ2n) is 5.80. The maximum Gasteiger partial charge on any atom is 0.416 e. The molecule has 0 unspecified atom stereocenters. The molecule has 0 aliphatic heterocycles. The number of amides is 1. The first-order chi connectivity index (χ1) is 12.8. The molecule has 0 saturated carbocycles. The number of aromatic nitrogens is 2. The van der Waals surface area contributed by atoms with Gasteiger partial charge in [-0.1, -0.05) is 24.3 Å². The SMILES string of the molecule is NC(=O)Cc1cccc(-c2cccc(Nc3cc(C(F)(F)F)ccn3)n2)c1. The summed E-state index contributed by atoms with van der Waals surface area (Å²) >= 11 is 0. The van der Waals surface area contributed by atoms with E-state index in [1.54, 1.807) is 36.4 Å². The summed E-state index contributed by atoms with van der Waals surface area (Å²) in [5, 5.41) is 2.78. The second kappa shape index (κ2) is 7.45. The Hall–Kier alpha value is -3.42. The Morgan fingerprint density at radius 1 is 1.04 bits per heavy atom.